The van der Waals surface area contributed by atoms with E-state index in [1.807, 2.05) is 25.1 Å². The van der Waals surface area contributed by atoms with E-state index in [2.05, 4.69) is 4.72 Å². The summed E-state index contributed by atoms with van der Waals surface area (Å²) in [5, 5.41) is 8.94. The number of anilines is 2. The van der Waals surface area contributed by atoms with Crippen LogP contribution in [0.5, 0.6) is 0 Å². The van der Waals surface area contributed by atoms with E-state index < -0.39 is 10.0 Å². The van der Waals surface area contributed by atoms with Gasteiger partial charge in [-0.3, -0.25) is 9.59 Å². The van der Waals surface area contributed by atoms with Crippen molar-refractivity contribution in [1.82, 2.24) is 4.72 Å². The highest BCUT2D eigenvalue weighted by Crippen LogP contribution is 2.41. The summed E-state index contributed by atoms with van der Waals surface area (Å²) in [5.74, 6) is 0.0122. The Morgan fingerprint density at radius 3 is 2.45 bits per heavy atom. The summed E-state index contributed by atoms with van der Waals surface area (Å²) in [4.78, 5) is 29.2. The second kappa shape index (κ2) is 9.24. The molecule has 4 rings (SSSR count). The maximum Gasteiger partial charge on any atom is 0.240 e. The van der Waals surface area contributed by atoms with Gasteiger partial charge in [-0.25, -0.2) is 13.1 Å². The van der Waals surface area contributed by atoms with E-state index in [-0.39, 0.29) is 41.8 Å². The predicted molar refractivity (Wildman–Crippen MR) is 126 cm³/mol. The Kier molecular flexibility index (Phi) is 6.56. The standard InChI is InChI=1S/C24H29N3O5S/c1-16-15-26(24(30)18-5-3-6-18)23-14-20(9-10-22(23)27(16)17(2)29)19-7-4-8-21(13-19)33(31,32)25-11-12-28/h4,7-10,13-14,16,18,25,28H,3,5-6,11-12,15H2,1-2H3. The lowest BCUT2D eigenvalue weighted by molar-refractivity contribution is -0.125. The van der Waals surface area contributed by atoms with Crippen molar-refractivity contribution < 1.29 is 23.1 Å². The first-order chi connectivity index (χ1) is 15.7. The van der Waals surface area contributed by atoms with Crippen LogP contribution >= 0.6 is 0 Å². The Labute approximate surface area is 194 Å². The predicted octanol–water partition coefficient (Wildman–Crippen LogP) is 2.51. The number of amides is 2. The van der Waals surface area contributed by atoms with E-state index >= 15 is 0 Å². The Morgan fingerprint density at radius 1 is 1.09 bits per heavy atom. The number of nitrogens with one attached hydrogen (secondary N) is 1. The fourth-order valence-electron chi connectivity index (χ4n) is 4.47. The minimum atomic E-state index is -3.76. The van der Waals surface area contributed by atoms with Crippen LogP contribution in [0.25, 0.3) is 11.1 Å². The zero-order valence-electron chi connectivity index (χ0n) is 18.8. The van der Waals surface area contributed by atoms with Crippen molar-refractivity contribution >= 4 is 33.2 Å². The number of rotatable bonds is 6. The fraction of sp³-hybridized carbons (Fsp3) is 0.417. The summed E-state index contributed by atoms with van der Waals surface area (Å²) in [6.45, 7) is 3.52. The molecule has 0 spiro atoms. The topological polar surface area (TPSA) is 107 Å². The third-order valence-corrected chi connectivity index (χ3v) is 7.81. The highest BCUT2D eigenvalue weighted by atomic mass is 32.2. The molecule has 2 aliphatic rings. The molecule has 2 N–H and O–H groups in total. The molecule has 33 heavy (non-hydrogen) atoms. The summed E-state index contributed by atoms with van der Waals surface area (Å²) in [7, 11) is -3.76. The molecule has 0 aromatic heterocycles. The quantitative estimate of drug-likeness (QED) is 0.673. The van der Waals surface area contributed by atoms with Crippen molar-refractivity contribution in [3.05, 3.63) is 42.5 Å². The molecule has 8 nitrogen and oxygen atoms in total. The molecule has 0 saturated heterocycles. The van der Waals surface area contributed by atoms with Crippen molar-refractivity contribution in [3.8, 4) is 11.1 Å². The zero-order valence-corrected chi connectivity index (χ0v) is 19.6. The number of carbonyl (C=O) groups is 2. The minimum absolute atomic E-state index is 0.0173. The van der Waals surface area contributed by atoms with Crippen LogP contribution in [0.4, 0.5) is 11.4 Å². The zero-order chi connectivity index (χ0) is 23.8. The molecule has 2 aromatic carbocycles. The molecule has 0 bridgehead atoms. The molecule has 2 amide bonds. The van der Waals surface area contributed by atoms with Crippen LogP contribution in [-0.4, -0.2) is 51.1 Å². The molecular weight excluding hydrogens is 442 g/mol. The number of benzene rings is 2. The van der Waals surface area contributed by atoms with Gasteiger partial charge in [0.25, 0.3) is 0 Å². The normalized spacial score (nSPS) is 18.6. The lowest BCUT2D eigenvalue weighted by atomic mass is 9.84. The van der Waals surface area contributed by atoms with E-state index in [4.69, 9.17) is 5.11 Å². The summed E-state index contributed by atoms with van der Waals surface area (Å²) in [6.07, 6.45) is 2.82. The lowest BCUT2D eigenvalue weighted by Gasteiger charge is -2.43. The van der Waals surface area contributed by atoms with E-state index in [1.54, 1.807) is 28.0 Å². The number of aliphatic hydroxyl groups is 1. The second-order valence-electron chi connectivity index (χ2n) is 8.67. The van der Waals surface area contributed by atoms with Gasteiger partial charge in [-0.05, 0) is 55.2 Å². The van der Waals surface area contributed by atoms with Crippen LogP contribution in [0, 0.1) is 5.92 Å². The number of hydrogen-bond acceptors (Lipinski definition) is 5. The molecule has 1 fully saturated rings. The molecule has 176 valence electrons. The average molecular weight is 472 g/mol. The van der Waals surface area contributed by atoms with Crippen LogP contribution in [0.2, 0.25) is 0 Å². The molecule has 1 heterocycles. The van der Waals surface area contributed by atoms with Crippen LogP contribution in [0.1, 0.15) is 33.1 Å². The van der Waals surface area contributed by atoms with Gasteiger partial charge in [0.2, 0.25) is 21.8 Å². The van der Waals surface area contributed by atoms with Crippen molar-refractivity contribution in [2.75, 3.05) is 29.5 Å². The lowest BCUT2D eigenvalue weighted by Crippen LogP contribution is -2.53. The number of fused-ring (bicyclic) bond motifs is 1. The maximum absolute atomic E-state index is 13.2. The summed E-state index contributed by atoms with van der Waals surface area (Å²) >= 11 is 0. The summed E-state index contributed by atoms with van der Waals surface area (Å²) in [5.41, 5.74) is 2.78. The van der Waals surface area contributed by atoms with Gasteiger partial charge in [0.05, 0.1) is 28.9 Å². The van der Waals surface area contributed by atoms with E-state index in [0.717, 1.165) is 24.8 Å². The monoisotopic (exact) mass is 471 g/mol. The van der Waals surface area contributed by atoms with Gasteiger partial charge in [0.15, 0.2) is 0 Å². The van der Waals surface area contributed by atoms with Crippen LogP contribution in [0.15, 0.2) is 47.4 Å². The van der Waals surface area contributed by atoms with Gasteiger partial charge < -0.3 is 14.9 Å². The first-order valence-corrected chi connectivity index (χ1v) is 12.7. The molecule has 1 aliphatic carbocycles. The van der Waals surface area contributed by atoms with Gasteiger partial charge in [-0.2, -0.15) is 0 Å². The van der Waals surface area contributed by atoms with Crippen molar-refractivity contribution in [1.29, 1.82) is 0 Å². The van der Waals surface area contributed by atoms with E-state index in [0.29, 0.717) is 23.5 Å². The van der Waals surface area contributed by atoms with Gasteiger partial charge in [0, 0.05) is 25.9 Å². The maximum atomic E-state index is 13.2. The van der Waals surface area contributed by atoms with Crippen molar-refractivity contribution in [2.45, 2.75) is 44.0 Å². The number of sulfonamides is 1. The van der Waals surface area contributed by atoms with Gasteiger partial charge >= 0.3 is 0 Å². The second-order valence-corrected chi connectivity index (χ2v) is 10.4. The molecule has 1 atom stereocenters. The Balaban J connectivity index is 1.76. The molecule has 2 aromatic rings. The van der Waals surface area contributed by atoms with Crippen LogP contribution in [0.3, 0.4) is 0 Å². The SMILES string of the molecule is CC(=O)N1c2ccc(-c3cccc(S(=O)(=O)NCCO)c3)cc2N(C(=O)C2CCC2)CC1C. The van der Waals surface area contributed by atoms with Gasteiger partial charge in [-0.1, -0.05) is 24.6 Å². The third kappa shape index (κ3) is 4.53. The third-order valence-electron chi connectivity index (χ3n) is 6.35. The largest absolute Gasteiger partial charge is 0.395 e. The molecule has 1 saturated carbocycles. The minimum Gasteiger partial charge on any atom is -0.395 e. The number of nitrogens with zero attached hydrogens (tertiary/aromatic N) is 2. The smallest absolute Gasteiger partial charge is 0.240 e. The van der Waals surface area contributed by atoms with Gasteiger partial charge in [-0.15, -0.1) is 0 Å². The summed E-state index contributed by atoms with van der Waals surface area (Å²) < 4.78 is 27.3. The molecule has 9 heteroatoms. The first kappa shape index (κ1) is 23.4. The number of carbonyl (C=O) groups excluding carboxylic acids is 2. The number of aliphatic hydroxyl groups excluding tert-OH is 1. The molecule has 1 aliphatic heterocycles. The van der Waals surface area contributed by atoms with Crippen LogP contribution in [-0.2, 0) is 19.6 Å². The fourth-order valence-corrected chi connectivity index (χ4v) is 5.54. The van der Waals surface area contributed by atoms with E-state index in [9.17, 15) is 18.0 Å². The van der Waals surface area contributed by atoms with Crippen LogP contribution < -0.4 is 14.5 Å². The van der Waals surface area contributed by atoms with Crippen molar-refractivity contribution in [2.24, 2.45) is 5.92 Å². The van der Waals surface area contributed by atoms with Gasteiger partial charge in [0.1, 0.15) is 0 Å². The Hall–Kier alpha value is -2.75. The number of hydrogen-bond donors (Lipinski definition) is 2. The average Bonchev–Trinajstić information content (AvgIpc) is 2.75. The Bertz CT molecular complexity index is 1180. The summed E-state index contributed by atoms with van der Waals surface area (Å²) in [6, 6.07) is 11.9. The van der Waals surface area contributed by atoms with E-state index in [1.165, 1.54) is 13.0 Å². The molecule has 1 unspecified atom stereocenters. The Morgan fingerprint density at radius 2 is 1.82 bits per heavy atom. The molecule has 0 radical (unpaired) electrons. The highest BCUT2D eigenvalue weighted by molar-refractivity contribution is 7.89. The highest BCUT2D eigenvalue weighted by Gasteiger charge is 2.37. The molecular formula is C24H29N3O5S. The van der Waals surface area contributed by atoms with Crippen molar-refractivity contribution in [3.63, 3.8) is 0 Å². The first-order valence-electron chi connectivity index (χ1n) is 11.2.